The van der Waals surface area contributed by atoms with Crippen LogP contribution in [0.1, 0.15) is 31.2 Å². The number of hydrogen-bond donors (Lipinski definition) is 1. The Morgan fingerprint density at radius 3 is 2.52 bits per heavy atom. The van der Waals surface area contributed by atoms with Crippen molar-refractivity contribution in [3.05, 3.63) is 43.5 Å². The molecule has 0 saturated heterocycles. The number of methoxy groups -OCH3 is 1. The van der Waals surface area contributed by atoms with Crippen molar-refractivity contribution in [1.82, 2.24) is 0 Å². The van der Waals surface area contributed by atoms with Gasteiger partial charge in [0.2, 0.25) is 0 Å². The Morgan fingerprint density at radius 2 is 2.00 bits per heavy atom. The van der Waals surface area contributed by atoms with Crippen LogP contribution in [-0.2, 0) is 12.0 Å². The van der Waals surface area contributed by atoms with Gasteiger partial charge in [-0.25, -0.2) is 0 Å². The fourth-order valence-corrected chi connectivity index (χ4v) is 3.70. The molecule has 1 heterocycles. The lowest BCUT2D eigenvalue weighted by Crippen LogP contribution is -2.12. The van der Waals surface area contributed by atoms with E-state index in [0.717, 1.165) is 26.8 Å². The summed E-state index contributed by atoms with van der Waals surface area (Å²) in [4.78, 5) is 1.18. The summed E-state index contributed by atoms with van der Waals surface area (Å²) in [5.41, 5.74) is 2.39. The molecule has 0 unspecified atom stereocenters. The maximum absolute atomic E-state index is 6.07. The number of nitrogens with one attached hydrogen (secondary N) is 1. The van der Waals surface area contributed by atoms with E-state index < -0.39 is 0 Å². The lowest BCUT2D eigenvalue weighted by molar-refractivity contribution is 0.416. The van der Waals surface area contributed by atoms with Crippen molar-refractivity contribution in [2.75, 3.05) is 12.4 Å². The summed E-state index contributed by atoms with van der Waals surface area (Å²) in [6.07, 6.45) is 0. The summed E-state index contributed by atoms with van der Waals surface area (Å²) in [6, 6.07) is 8.33. The van der Waals surface area contributed by atoms with E-state index in [-0.39, 0.29) is 5.41 Å². The van der Waals surface area contributed by atoms with E-state index in [2.05, 4.69) is 54.2 Å². The highest BCUT2D eigenvalue weighted by Gasteiger charge is 2.16. The summed E-state index contributed by atoms with van der Waals surface area (Å²) in [5, 5.41) is 3.44. The van der Waals surface area contributed by atoms with Crippen LogP contribution in [0.5, 0.6) is 5.75 Å². The molecule has 1 aromatic heterocycles. The van der Waals surface area contributed by atoms with Crippen LogP contribution in [0.3, 0.4) is 0 Å². The van der Waals surface area contributed by atoms with Crippen molar-refractivity contribution >= 4 is 44.6 Å². The second kappa shape index (κ2) is 6.59. The van der Waals surface area contributed by atoms with Crippen molar-refractivity contribution in [2.24, 2.45) is 0 Å². The van der Waals surface area contributed by atoms with Gasteiger partial charge in [-0.2, -0.15) is 0 Å². The fraction of sp³-hybridized carbons (Fsp3) is 0.375. The molecule has 2 aromatic rings. The van der Waals surface area contributed by atoms with Gasteiger partial charge in [-0.1, -0.05) is 38.4 Å². The average Bonchev–Trinajstić information content (AvgIpc) is 2.74. The van der Waals surface area contributed by atoms with E-state index in [1.165, 1.54) is 10.4 Å². The van der Waals surface area contributed by atoms with Crippen LogP contribution in [0.4, 0.5) is 5.69 Å². The first-order valence-corrected chi connectivity index (χ1v) is 8.66. The third-order valence-corrected chi connectivity index (χ3v) is 5.69. The summed E-state index contributed by atoms with van der Waals surface area (Å²) < 4.78 is 7.16. The molecule has 0 aliphatic rings. The van der Waals surface area contributed by atoms with Crippen LogP contribution in [0, 0.1) is 0 Å². The fourth-order valence-electron chi connectivity index (χ4n) is 1.97. The summed E-state index contributed by atoms with van der Waals surface area (Å²) in [6.45, 7) is 7.33. The molecule has 0 spiro atoms. The zero-order valence-corrected chi connectivity index (χ0v) is 15.7. The number of anilines is 1. The molecule has 1 aromatic carbocycles. The smallest absolute Gasteiger partial charge is 0.141 e. The zero-order valence-electron chi connectivity index (χ0n) is 12.6. The molecule has 0 atom stereocenters. The van der Waals surface area contributed by atoms with Crippen LogP contribution in [0.25, 0.3) is 0 Å². The first-order chi connectivity index (χ1) is 9.81. The van der Waals surface area contributed by atoms with Gasteiger partial charge in [0.1, 0.15) is 10.1 Å². The lowest BCUT2D eigenvalue weighted by Gasteiger charge is -2.21. The summed E-state index contributed by atoms with van der Waals surface area (Å²) >= 11 is 11.1. The highest BCUT2D eigenvalue weighted by atomic mass is 79.9. The maximum atomic E-state index is 6.07. The molecule has 2 rings (SSSR count). The molecule has 21 heavy (non-hydrogen) atoms. The quantitative estimate of drug-likeness (QED) is 0.685. The highest BCUT2D eigenvalue weighted by molar-refractivity contribution is 9.10. The Hall–Kier alpha value is -0.710. The number of ether oxygens (including phenoxy) is 1. The number of rotatable bonds is 4. The Kier molecular flexibility index (Phi) is 5.23. The van der Waals surface area contributed by atoms with Crippen molar-refractivity contribution in [3.8, 4) is 5.75 Å². The first-order valence-electron chi connectivity index (χ1n) is 6.67. The van der Waals surface area contributed by atoms with Crippen LogP contribution >= 0.6 is 38.9 Å². The molecule has 0 radical (unpaired) electrons. The van der Waals surface area contributed by atoms with Gasteiger partial charge >= 0.3 is 0 Å². The normalized spacial score (nSPS) is 11.5. The van der Waals surface area contributed by atoms with Crippen LogP contribution in [0.2, 0.25) is 4.34 Å². The Bertz CT molecular complexity index is 614. The van der Waals surface area contributed by atoms with Crippen molar-refractivity contribution < 1.29 is 4.74 Å². The monoisotopic (exact) mass is 387 g/mol. The molecule has 0 fully saturated rings. The Labute approximate surface area is 143 Å². The first kappa shape index (κ1) is 16.7. The third kappa shape index (κ3) is 4.15. The summed E-state index contributed by atoms with van der Waals surface area (Å²) in [7, 11) is 1.69. The van der Waals surface area contributed by atoms with Crippen molar-refractivity contribution in [1.29, 1.82) is 0 Å². The molecular formula is C16H19BrClNOS. The molecule has 2 nitrogen and oxygen atoms in total. The van der Waals surface area contributed by atoms with E-state index in [1.807, 2.05) is 12.1 Å². The van der Waals surface area contributed by atoms with E-state index in [1.54, 1.807) is 18.4 Å². The van der Waals surface area contributed by atoms with E-state index in [9.17, 15) is 0 Å². The number of thiophene rings is 1. The molecule has 0 bridgehead atoms. The number of hydrogen-bond acceptors (Lipinski definition) is 3. The second-order valence-electron chi connectivity index (χ2n) is 5.85. The second-order valence-corrected chi connectivity index (χ2v) is 8.45. The minimum Gasteiger partial charge on any atom is -0.495 e. The third-order valence-electron chi connectivity index (χ3n) is 3.21. The van der Waals surface area contributed by atoms with Crippen LogP contribution < -0.4 is 10.1 Å². The van der Waals surface area contributed by atoms with Gasteiger partial charge in [-0.05, 0) is 45.1 Å². The molecule has 0 saturated carbocycles. The molecule has 0 aliphatic carbocycles. The van der Waals surface area contributed by atoms with Gasteiger partial charge in [0, 0.05) is 15.9 Å². The molecule has 0 amide bonds. The predicted molar refractivity (Wildman–Crippen MR) is 96.0 cm³/mol. The summed E-state index contributed by atoms with van der Waals surface area (Å²) in [5.74, 6) is 0.852. The minimum absolute atomic E-state index is 0.109. The maximum Gasteiger partial charge on any atom is 0.141 e. The molecule has 0 aliphatic heterocycles. The van der Waals surface area contributed by atoms with Crippen LogP contribution in [-0.4, -0.2) is 7.11 Å². The molecule has 5 heteroatoms. The zero-order chi connectivity index (χ0) is 15.6. The van der Waals surface area contributed by atoms with Gasteiger partial charge < -0.3 is 10.1 Å². The van der Waals surface area contributed by atoms with Crippen molar-refractivity contribution in [2.45, 2.75) is 32.7 Å². The number of halogens is 2. The SMILES string of the molecule is COc1ccc(C(C)(C)C)cc1NCc1cc(Br)c(Cl)s1. The van der Waals surface area contributed by atoms with Crippen molar-refractivity contribution in [3.63, 3.8) is 0 Å². The Balaban J connectivity index is 2.21. The lowest BCUT2D eigenvalue weighted by atomic mass is 9.87. The molecular weight excluding hydrogens is 370 g/mol. The van der Waals surface area contributed by atoms with Gasteiger partial charge in [0.05, 0.1) is 12.8 Å². The topological polar surface area (TPSA) is 21.3 Å². The van der Waals surface area contributed by atoms with Gasteiger partial charge in [0.15, 0.2) is 0 Å². The number of benzene rings is 1. The largest absolute Gasteiger partial charge is 0.495 e. The van der Waals surface area contributed by atoms with Gasteiger partial charge in [-0.3, -0.25) is 0 Å². The molecule has 1 N–H and O–H groups in total. The highest BCUT2D eigenvalue weighted by Crippen LogP contribution is 2.34. The van der Waals surface area contributed by atoms with E-state index in [4.69, 9.17) is 16.3 Å². The average molecular weight is 389 g/mol. The van der Waals surface area contributed by atoms with E-state index in [0.29, 0.717) is 0 Å². The van der Waals surface area contributed by atoms with Gasteiger partial charge in [0.25, 0.3) is 0 Å². The predicted octanol–water partition coefficient (Wildman–Crippen LogP) is 6.08. The minimum atomic E-state index is 0.109. The van der Waals surface area contributed by atoms with Crippen LogP contribution in [0.15, 0.2) is 28.7 Å². The Morgan fingerprint density at radius 1 is 1.29 bits per heavy atom. The molecule has 114 valence electrons. The standard InChI is InChI=1S/C16H19BrClNOS/c1-16(2,3)10-5-6-14(20-4)13(7-10)19-9-11-8-12(17)15(18)21-11/h5-8,19H,9H2,1-4H3. The van der Waals surface area contributed by atoms with Gasteiger partial charge in [-0.15, -0.1) is 11.3 Å². The van der Waals surface area contributed by atoms with E-state index >= 15 is 0 Å².